The van der Waals surface area contributed by atoms with Crippen LogP contribution in [0.25, 0.3) is 0 Å². The van der Waals surface area contributed by atoms with Crippen LogP contribution in [0.5, 0.6) is 0 Å². The third kappa shape index (κ3) is 7.26. The van der Waals surface area contributed by atoms with Crippen molar-refractivity contribution in [3.8, 4) is 0 Å². The fraction of sp³-hybridized carbons (Fsp3) is 0.750. The van der Waals surface area contributed by atoms with Crippen LogP contribution in [0.4, 0.5) is 0 Å². The molecule has 0 fully saturated rings. The quantitative estimate of drug-likeness (QED) is 0.606. The second-order valence-corrected chi connectivity index (χ2v) is 5.19. The SMILES string of the molecule is CCCCCCCCC(NCCC)c1cnccn1. The topological polar surface area (TPSA) is 37.8 Å². The summed E-state index contributed by atoms with van der Waals surface area (Å²) in [6.07, 6.45) is 15.8. The minimum atomic E-state index is 0.375. The van der Waals surface area contributed by atoms with Crippen molar-refractivity contribution >= 4 is 0 Å². The molecular weight excluding hydrogens is 234 g/mol. The fourth-order valence-electron chi connectivity index (χ4n) is 2.29. The van der Waals surface area contributed by atoms with Crippen molar-refractivity contribution in [1.29, 1.82) is 0 Å². The van der Waals surface area contributed by atoms with Gasteiger partial charge in [-0.15, -0.1) is 0 Å². The molecule has 108 valence electrons. The summed E-state index contributed by atoms with van der Waals surface area (Å²) in [6, 6.07) is 0.375. The molecule has 1 aromatic rings. The highest BCUT2D eigenvalue weighted by atomic mass is 14.9. The van der Waals surface area contributed by atoms with Crippen molar-refractivity contribution in [1.82, 2.24) is 15.3 Å². The maximum atomic E-state index is 4.44. The molecule has 19 heavy (non-hydrogen) atoms. The Morgan fingerprint density at radius 3 is 2.47 bits per heavy atom. The monoisotopic (exact) mass is 263 g/mol. The fourth-order valence-corrected chi connectivity index (χ4v) is 2.29. The summed E-state index contributed by atoms with van der Waals surface area (Å²) in [5.41, 5.74) is 1.09. The van der Waals surface area contributed by atoms with E-state index in [1.807, 2.05) is 6.20 Å². The highest BCUT2D eigenvalue weighted by Crippen LogP contribution is 2.18. The highest BCUT2D eigenvalue weighted by molar-refractivity contribution is 5.01. The average molecular weight is 263 g/mol. The largest absolute Gasteiger partial charge is 0.309 e. The minimum absolute atomic E-state index is 0.375. The number of hydrogen-bond acceptors (Lipinski definition) is 3. The van der Waals surface area contributed by atoms with Gasteiger partial charge in [0.05, 0.1) is 11.7 Å². The second-order valence-electron chi connectivity index (χ2n) is 5.19. The Bertz CT molecular complexity index is 300. The predicted octanol–water partition coefficient (Wildman–Crippen LogP) is 4.27. The van der Waals surface area contributed by atoms with Crippen molar-refractivity contribution in [2.75, 3.05) is 6.54 Å². The summed E-state index contributed by atoms with van der Waals surface area (Å²) >= 11 is 0. The molecule has 0 saturated heterocycles. The first-order valence-electron chi connectivity index (χ1n) is 7.87. The summed E-state index contributed by atoms with van der Waals surface area (Å²) in [6.45, 7) is 5.52. The average Bonchev–Trinajstić information content (AvgIpc) is 2.46. The lowest BCUT2D eigenvalue weighted by molar-refractivity contribution is 0.457. The number of nitrogens with zero attached hydrogens (tertiary/aromatic N) is 2. The molecule has 0 amide bonds. The third-order valence-corrected chi connectivity index (χ3v) is 3.43. The van der Waals surface area contributed by atoms with Crippen LogP contribution in [-0.2, 0) is 0 Å². The molecule has 0 radical (unpaired) electrons. The van der Waals surface area contributed by atoms with E-state index < -0.39 is 0 Å². The summed E-state index contributed by atoms with van der Waals surface area (Å²) in [5.74, 6) is 0. The molecule has 1 unspecified atom stereocenters. The van der Waals surface area contributed by atoms with Crippen molar-refractivity contribution in [2.45, 2.75) is 71.3 Å². The van der Waals surface area contributed by atoms with Gasteiger partial charge in [-0.2, -0.15) is 0 Å². The first-order valence-corrected chi connectivity index (χ1v) is 7.87. The summed E-state index contributed by atoms with van der Waals surface area (Å²) in [4.78, 5) is 8.62. The summed E-state index contributed by atoms with van der Waals surface area (Å²) in [7, 11) is 0. The van der Waals surface area contributed by atoms with Crippen LogP contribution in [-0.4, -0.2) is 16.5 Å². The normalized spacial score (nSPS) is 12.5. The van der Waals surface area contributed by atoms with Gasteiger partial charge in [-0.1, -0.05) is 52.4 Å². The van der Waals surface area contributed by atoms with Crippen molar-refractivity contribution in [3.63, 3.8) is 0 Å². The smallest absolute Gasteiger partial charge is 0.0756 e. The maximum Gasteiger partial charge on any atom is 0.0756 e. The summed E-state index contributed by atoms with van der Waals surface area (Å²) in [5, 5.41) is 3.59. The van der Waals surface area contributed by atoms with E-state index in [0.717, 1.165) is 18.7 Å². The Morgan fingerprint density at radius 1 is 1.00 bits per heavy atom. The van der Waals surface area contributed by atoms with Gasteiger partial charge >= 0.3 is 0 Å². The molecule has 1 heterocycles. The lowest BCUT2D eigenvalue weighted by Gasteiger charge is -2.17. The van der Waals surface area contributed by atoms with Crippen LogP contribution in [0.3, 0.4) is 0 Å². The second kappa shape index (κ2) is 10.9. The molecule has 0 aliphatic carbocycles. The predicted molar refractivity (Wildman–Crippen MR) is 81.1 cm³/mol. The van der Waals surface area contributed by atoms with E-state index in [1.165, 1.54) is 44.9 Å². The van der Waals surface area contributed by atoms with E-state index in [4.69, 9.17) is 0 Å². The standard InChI is InChI=1S/C16H29N3/c1-3-5-6-7-8-9-10-15(18-11-4-2)16-14-17-12-13-19-16/h12-15,18H,3-11H2,1-2H3. The zero-order chi connectivity index (χ0) is 13.8. The van der Waals surface area contributed by atoms with Crippen LogP contribution in [0.1, 0.15) is 76.9 Å². The number of nitrogens with one attached hydrogen (secondary N) is 1. The van der Waals surface area contributed by atoms with Crippen LogP contribution in [0.15, 0.2) is 18.6 Å². The Morgan fingerprint density at radius 2 is 1.79 bits per heavy atom. The Labute approximate surface area is 118 Å². The summed E-state index contributed by atoms with van der Waals surface area (Å²) < 4.78 is 0. The molecule has 1 aromatic heterocycles. The van der Waals surface area contributed by atoms with E-state index in [2.05, 4.69) is 29.1 Å². The molecular formula is C16H29N3. The van der Waals surface area contributed by atoms with Gasteiger partial charge in [-0.05, 0) is 19.4 Å². The van der Waals surface area contributed by atoms with E-state index in [0.29, 0.717) is 6.04 Å². The molecule has 0 bridgehead atoms. The molecule has 3 heteroatoms. The first-order chi connectivity index (χ1) is 9.38. The number of hydrogen-bond donors (Lipinski definition) is 1. The van der Waals surface area contributed by atoms with Crippen LogP contribution >= 0.6 is 0 Å². The van der Waals surface area contributed by atoms with Gasteiger partial charge < -0.3 is 5.32 Å². The van der Waals surface area contributed by atoms with Gasteiger partial charge in [-0.3, -0.25) is 9.97 Å². The first kappa shape index (κ1) is 16.1. The lowest BCUT2D eigenvalue weighted by Crippen LogP contribution is -2.23. The van der Waals surface area contributed by atoms with E-state index in [9.17, 15) is 0 Å². The zero-order valence-corrected chi connectivity index (χ0v) is 12.6. The van der Waals surface area contributed by atoms with Crippen molar-refractivity contribution in [3.05, 3.63) is 24.3 Å². The number of unbranched alkanes of at least 4 members (excludes halogenated alkanes) is 5. The lowest BCUT2D eigenvalue weighted by atomic mass is 10.0. The number of rotatable bonds is 11. The van der Waals surface area contributed by atoms with E-state index in [1.54, 1.807) is 12.4 Å². The molecule has 1 N–H and O–H groups in total. The molecule has 1 atom stereocenters. The van der Waals surface area contributed by atoms with E-state index in [-0.39, 0.29) is 0 Å². The molecule has 0 aliphatic heterocycles. The molecule has 3 nitrogen and oxygen atoms in total. The van der Waals surface area contributed by atoms with Gasteiger partial charge in [0.25, 0.3) is 0 Å². The van der Waals surface area contributed by atoms with Crippen molar-refractivity contribution < 1.29 is 0 Å². The van der Waals surface area contributed by atoms with Gasteiger partial charge in [0, 0.05) is 18.6 Å². The highest BCUT2D eigenvalue weighted by Gasteiger charge is 2.11. The maximum absolute atomic E-state index is 4.44. The van der Waals surface area contributed by atoms with Gasteiger partial charge in [0.1, 0.15) is 0 Å². The molecule has 0 spiro atoms. The van der Waals surface area contributed by atoms with Crippen LogP contribution in [0, 0.1) is 0 Å². The molecule has 0 aliphatic rings. The Hall–Kier alpha value is -0.960. The molecule has 0 saturated carbocycles. The van der Waals surface area contributed by atoms with Crippen LogP contribution < -0.4 is 5.32 Å². The Kier molecular flexibility index (Phi) is 9.25. The van der Waals surface area contributed by atoms with Gasteiger partial charge in [-0.25, -0.2) is 0 Å². The minimum Gasteiger partial charge on any atom is -0.309 e. The third-order valence-electron chi connectivity index (χ3n) is 3.43. The Balaban J connectivity index is 2.30. The van der Waals surface area contributed by atoms with Crippen molar-refractivity contribution in [2.24, 2.45) is 0 Å². The zero-order valence-electron chi connectivity index (χ0n) is 12.6. The van der Waals surface area contributed by atoms with E-state index >= 15 is 0 Å². The van der Waals surface area contributed by atoms with Gasteiger partial charge in [0.15, 0.2) is 0 Å². The van der Waals surface area contributed by atoms with Crippen LogP contribution in [0.2, 0.25) is 0 Å². The molecule has 1 rings (SSSR count). The number of aromatic nitrogens is 2. The van der Waals surface area contributed by atoms with Gasteiger partial charge in [0.2, 0.25) is 0 Å². The molecule has 0 aromatic carbocycles.